The second-order valence-electron chi connectivity index (χ2n) is 2.11. The van der Waals surface area contributed by atoms with Crippen molar-refractivity contribution in [3.63, 3.8) is 0 Å². The van der Waals surface area contributed by atoms with Gasteiger partial charge in [0.2, 0.25) is 5.91 Å². The third-order valence-electron chi connectivity index (χ3n) is 1.21. The van der Waals surface area contributed by atoms with Crippen LogP contribution in [-0.2, 0) is 4.79 Å². The molecule has 0 radical (unpaired) electrons. The number of nitrogens with one attached hydrogen (secondary N) is 1. The summed E-state index contributed by atoms with van der Waals surface area (Å²) in [6.45, 7) is 0.227. The Morgan fingerprint density at radius 3 is 2.82 bits per heavy atom. The molecule has 0 spiro atoms. The third-order valence-corrected chi connectivity index (χ3v) is 2.26. The van der Waals surface area contributed by atoms with E-state index in [-0.39, 0.29) is 12.5 Å². The first kappa shape index (κ1) is 10.8. The highest BCUT2D eigenvalue weighted by Crippen LogP contribution is 2.02. The van der Waals surface area contributed by atoms with Crippen molar-refractivity contribution < 1.29 is 9.90 Å². The zero-order chi connectivity index (χ0) is 8.53. The summed E-state index contributed by atoms with van der Waals surface area (Å²) in [6, 6.07) is 0. The van der Waals surface area contributed by atoms with Crippen molar-refractivity contribution in [1.82, 2.24) is 5.32 Å². The molecule has 4 heteroatoms. The van der Waals surface area contributed by atoms with Crippen LogP contribution in [0, 0.1) is 0 Å². The fourth-order valence-corrected chi connectivity index (χ4v) is 1.31. The Labute approximate surface area is 71.6 Å². The Morgan fingerprint density at radius 2 is 2.27 bits per heavy atom. The molecule has 0 rings (SSSR count). The normalized spacial score (nSPS) is 9.64. The summed E-state index contributed by atoms with van der Waals surface area (Å²) in [7, 11) is 1.64. The molecule has 11 heavy (non-hydrogen) atoms. The van der Waals surface area contributed by atoms with Crippen LogP contribution in [0.4, 0.5) is 0 Å². The third kappa shape index (κ3) is 7.68. The number of aliphatic hydroxyl groups is 1. The van der Waals surface area contributed by atoms with E-state index in [4.69, 9.17) is 5.11 Å². The number of amides is 1. The van der Waals surface area contributed by atoms with Gasteiger partial charge in [0.15, 0.2) is 0 Å². The molecule has 0 aliphatic rings. The first-order valence-corrected chi connectivity index (χ1v) is 4.86. The Kier molecular flexibility index (Phi) is 7.72. The molecule has 66 valence electrons. The summed E-state index contributed by atoms with van der Waals surface area (Å²) in [5.74, 6) is 1.82. The molecule has 0 aromatic rings. The van der Waals surface area contributed by atoms with Gasteiger partial charge < -0.3 is 10.4 Å². The van der Waals surface area contributed by atoms with Crippen LogP contribution in [0.3, 0.4) is 0 Å². The average molecular weight is 177 g/mol. The number of carbonyl (C=O) groups excluding carboxylic acids is 1. The van der Waals surface area contributed by atoms with E-state index in [1.165, 1.54) is 0 Å². The van der Waals surface area contributed by atoms with Crippen molar-refractivity contribution in [1.29, 1.82) is 0 Å². The van der Waals surface area contributed by atoms with Gasteiger partial charge in [0, 0.05) is 19.2 Å². The van der Waals surface area contributed by atoms with Gasteiger partial charge in [0.25, 0.3) is 0 Å². The molecule has 0 fully saturated rings. The molecule has 2 N–H and O–H groups in total. The average Bonchev–Trinajstić information content (AvgIpc) is 2.04. The van der Waals surface area contributed by atoms with Gasteiger partial charge >= 0.3 is 0 Å². The molecular formula is C7H15NO2S. The van der Waals surface area contributed by atoms with Gasteiger partial charge in [-0.1, -0.05) is 0 Å². The lowest BCUT2D eigenvalue weighted by atomic mass is 10.3. The second-order valence-corrected chi connectivity index (χ2v) is 3.34. The van der Waals surface area contributed by atoms with Gasteiger partial charge in [-0.05, 0) is 12.2 Å². The molecule has 0 aliphatic heterocycles. The zero-order valence-corrected chi connectivity index (χ0v) is 7.62. The Hall–Kier alpha value is -0.220. The zero-order valence-electron chi connectivity index (χ0n) is 6.80. The predicted molar refractivity (Wildman–Crippen MR) is 47.7 cm³/mol. The van der Waals surface area contributed by atoms with E-state index in [2.05, 4.69) is 5.32 Å². The van der Waals surface area contributed by atoms with Gasteiger partial charge in [0.05, 0.1) is 6.61 Å². The molecule has 0 unspecified atom stereocenters. The highest BCUT2D eigenvalue weighted by atomic mass is 32.2. The number of thioether (sulfide) groups is 1. The topological polar surface area (TPSA) is 49.3 Å². The maximum atomic E-state index is 10.7. The van der Waals surface area contributed by atoms with Gasteiger partial charge in [-0.15, -0.1) is 0 Å². The second kappa shape index (κ2) is 7.88. The van der Waals surface area contributed by atoms with Crippen LogP contribution >= 0.6 is 11.8 Å². The van der Waals surface area contributed by atoms with E-state index in [1.807, 2.05) is 0 Å². The minimum atomic E-state index is 0.0922. The smallest absolute Gasteiger partial charge is 0.219 e. The predicted octanol–water partition coefficient (Wildman–Crippen LogP) is 0.238. The van der Waals surface area contributed by atoms with E-state index in [0.29, 0.717) is 6.42 Å². The lowest BCUT2D eigenvalue weighted by Crippen LogP contribution is -2.17. The largest absolute Gasteiger partial charge is 0.396 e. The fraction of sp³-hybridized carbons (Fsp3) is 0.857. The van der Waals surface area contributed by atoms with Crippen LogP contribution < -0.4 is 5.32 Å². The van der Waals surface area contributed by atoms with E-state index < -0.39 is 0 Å². The molecule has 0 aromatic carbocycles. The number of rotatable bonds is 6. The summed E-state index contributed by atoms with van der Waals surface area (Å²) in [5.41, 5.74) is 0. The van der Waals surface area contributed by atoms with Gasteiger partial charge in [0.1, 0.15) is 0 Å². The van der Waals surface area contributed by atoms with Crippen LogP contribution in [-0.4, -0.2) is 36.2 Å². The summed E-state index contributed by atoms with van der Waals surface area (Å²) in [5, 5.41) is 11.0. The van der Waals surface area contributed by atoms with Crippen molar-refractivity contribution in [2.45, 2.75) is 12.8 Å². The lowest BCUT2D eigenvalue weighted by Gasteiger charge is -1.98. The van der Waals surface area contributed by atoms with Crippen LogP contribution in [0.1, 0.15) is 12.8 Å². The van der Waals surface area contributed by atoms with E-state index in [9.17, 15) is 4.79 Å². The molecule has 0 saturated heterocycles. The molecule has 0 heterocycles. The van der Waals surface area contributed by atoms with Gasteiger partial charge in [-0.2, -0.15) is 11.8 Å². The van der Waals surface area contributed by atoms with Crippen molar-refractivity contribution in [2.24, 2.45) is 0 Å². The monoisotopic (exact) mass is 177 g/mol. The maximum absolute atomic E-state index is 10.7. The van der Waals surface area contributed by atoms with Gasteiger partial charge in [-0.25, -0.2) is 0 Å². The molecule has 0 aliphatic carbocycles. The van der Waals surface area contributed by atoms with Crippen molar-refractivity contribution in [3.05, 3.63) is 0 Å². The van der Waals surface area contributed by atoms with Crippen LogP contribution in [0.2, 0.25) is 0 Å². The summed E-state index contributed by atoms with van der Waals surface area (Å²) in [4.78, 5) is 10.7. The standard InChI is InChI=1S/C7H15NO2S/c1-8-7(10)3-2-5-11-6-4-9/h9H,2-6H2,1H3,(H,8,10). The maximum Gasteiger partial charge on any atom is 0.219 e. The Balaban J connectivity index is 2.95. The number of hydrogen-bond donors (Lipinski definition) is 2. The first-order valence-electron chi connectivity index (χ1n) is 3.70. The molecular weight excluding hydrogens is 162 g/mol. The van der Waals surface area contributed by atoms with E-state index in [0.717, 1.165) is 17.9 Å². The number of hydrogen-bond acceptors (Lipinski definition) is 3. The molecule has 0 saturated carbocycles. The Morgan fingerprint density at radius 1 is 1.55 bits per heavy atom. The molecule has 3 nitrogen and oxygen atoms in total. The van der Waals surface area contributed by atoms with Crippen LogP contribution in [0.5, 0.6) is 0 Å². The minimum absolute atomic E-state index is 0.0922. The highest BCUT2D eigenvalue weighted by Gasteiger charge is 1.96. The molecule has 0 aromatic heterocycles. The van der Waals surface area contributed by atoms with Crippen LogP contribution in [0.15, 0.2) is 0 Å². The van der Waals surface area contributed by atoms with E-state index >= 15 is 0 Å². The quantitative estimate of drug-likeness (QED) is 0.571. The molecule has 1 amide bonds. The van der Waals surface area contributed by atoms with E-state index in [1.54, 1.807) is 18.8 Å². The first-order chi connectivity index (χ1) is 5.31. The van der Waals surface area contributed by atoms with Crippen molar-refractivity contribution in [2.75, 3.05) is 25.2 Å². The summed E-state index contributed by atoms with van der Waals surface area (Å²) >= 11 is 1.68. The highest BCUT2D eigenvalue weighted by molar-refractivity contribution is 7.99. The molecule has 0 atom stereocenters. The number of carbonyl (C=O) groups is 1. The summed E-state index contributed by atoms with van der Waals surface area (Å²) in [6.07, 6.45) is 1.49. The van der Waals surface area contributed by atoms with Crippen molar-refractivity contribution in [3.8, 4) is 0 Å². The SMILES string of the molecule is CNC(=O)CCCSCCO. The lowest BCUT2D eigenvalue weighted by molar-refractivity contribution is -0.120. The molecule has 0 bridgehead atoms. The summed E-state index contributed by atoms with van der Waals surface area (Å²) < 4.78 is 0. The Bertz CT molecular complexity index is 109. The minimum Gasteiger partial charge on any atom is -0.396 e. The van der Waals surface area contributed by atoms with Crippen LogP contribution in [0.25, 0.3) is 0 Å². The van der Waals surface area contributed by atoms with Gasteiger partial charge in [-0.3, -0.25) is 4.79 Å². The fourth-order valence-electron chi connectivity index (χ4n) is 0.626. The number of aliphatic hydroxyl groups excluding tert-OH is 1. The van der Waals surface area contributed by atoms with Crippen molar-refractivity contribution >= 4 is 17.7 Å².